The first-order chi connectivity index (χ1) is 20.9. The molecule has 42 heavy (non-hydrogen) atoms. The van der Waals surface area contributed by atoms with Gasteiger partial charge in [0.05, 0.1) is 28.3 Å². The highest BCUT2D eigenvalue weighted by atomic mass is 15.1. The van der Waals surface area contributed by atoms with Crippen LogP contribution in [-0.2, 0) is 0 Å². The van der Waals surface area contributed by atoms with Crippen LogP contribution in [0.15, 0.2) is 110 Å². The van der Waals surface area contributed by atoms with Crippen LogP contribution in [0.2, 0.25) is 0 Å². The quantitative estimate of drug-likeness (QED) is 0.211. The zero-order valence-electron chi connectivity index (χ0n) is 27.2. The van der Waals surface area contributed by atoms with E-state index in [0.29, 0.717) is 0 Å². The third kappa shape index (κ3) is 6.23. The molecule has 0 aliphatic carbocycles. The minimum absolute atomic E-state index is 0.816. The Labute approximate surface area is 252 Å². The lowest BCUT2D eigenvalue weighted by molar-refractivity contribution is 1.04. The Balaban J connectivity index is 0.000000563. The summed E-state index contributed by atoms with van der Waals surface area (Å²) in [6, 6.07) is 32.2. The molecule has 0 aliphatic rings. The molecule has 0 atom stereocenters. The Morgan fingerprint density at radius 2 is 0.881 bits per heavy atom. The molecule has 0 unspecified atom stereocenters. The Morgan fingerprint density at radius 1 is 0.429 bits per heavy atom. The molecule has 0 fully saturated rings. The number of hydrogen-bond donors (Lipinski definition) is 0. The van der Waals surface area contributed by atoms with Gasteiger partial charge in [0, 0.05) is 39.6 Å². The lowest BCUT2D eigenvalue weighted by atomic mass is 10.1. The van der Waals surface area contributed by atoms with Gasteiger partial charge in [-0.15, -0.1) is 0 Å². The molecule has 0 spiro atoms. The summed E-state index contributed by atoms with van der Waals surface area (Å²) >= 11 is 0. The average molecular weight is 561 g/mol. The van der Waals surface area contributed by atoms with Crippen LogP contribution in [-0.4, -0.2) is 19.1 Å². The van der Waals surface area contributed by atoms with Gasteiger partial charge in [-0.05, 0) is 24.3 Å². The number of nitrogens with zero attached hydrogens (tertiary/aromatic N) is 4. The maximum absolute atomic E-state index is 4.68. The van der Waals surface area contributed by atoms with Crippen molar-refractivity contribution in [2.75, 3.05) is 0 Å². The fourth-order valence-electron chi connectivity index (χ4n) is 4.99. The van der Waals surface area contributed by atoms with E-state index in [9.17, 15) is 0 Å². The van der Waals surface area contributed by atoms with E-state index in [0.717, 1.165) is 22.5 Å². The van der Waals surface area contributed by atoms with Gasteiger partial charge in [-0.25, -0.2) is 4.98 Å². The summed E-state index contributed by atoms with van der Waals surface area (Å²) in [6.07, 6.45) is 5.30. The standard InChI is InChI=1S/C28H18N4.5C2H6/c1-2-8-19(9-3-1)31-24-12-6-4-10-20(24)22-14-15-23-21-11-5-7-13-25(21)32(28(23)27(22)31)26-18-29-16-17-30-26;5*1-2/h1-18H;5*1-2H3. The summed E-state index contributed by atoms with van der Waals surface area (Å²) in [4.78, 5) is 9.04. The number of para-hydroxylation sites is 3. The van der Waals surface area contributed by atoms with Crippen molar-refractivity contribution < 1.29 is 0 Å². The Bertz CT molecular complexity index is 1630. The van der Waals surface area contributed by atoms with E-state index in [1.807, 2.05) is 75.4 Å². The van der Waals surface area contributed by atoms with Gasteiger partial charge >= 0.3 is 0 Å². The van der Waals surface area contributed by atoms with Gasteiger partial charge in [0.2, 0.25) is 0 Å². The zero-order chi connectivity index (χ0) is 31.1. The number of fused-ring (bicyclic) bond motifs is 7. The molecule has 3 aromatic heterocycles. The van der Waals surface area contributed by atoms with Gasteiger partial charge in [-0.1, -0.05) is 136 Å². The second kappa shape index (κ2) is 17.4. The van der Waals surface area contributed by atoms with Crippen LogP contribution in [0.25, 0.3) is 55.1 Å². The van der Waals surface area contributed by atoms with Gasteiger partial charge in [0.15, 0.2) is 5.82 Å². The minimum atomic E-state index is 0.816. The normalized spacial score (nSPS) is 9.67. The molecule has 0 saturated carbocycles. The molecule has 7 rings (SSSR count). The highest BCUT2D eigenvalue weighted by Gasteiger charge is 2.21. The predicted molar refractivity (Wildman–Crippen MR) is 187 cm³/mol. The molecular weight excluding hydrogens is 512 g/mol. The first-order valence-electron chi connectivity index (χ1n) is 15.7. The van der Waals surface area contributed by atoms with Crippen molar-refractivity contribution >= 4 is 43.6 Å². The highest BCUT2D eigenvalue weighted by Crippen LogP contribution is 2.41. The third-order valence-electron chi connectivity index (χ3n) is 6.26. The molecule has 4 heteroatoms. The molecule has 220 valence electrons. The summed E-state index contributed by atoms with van der Waals surface area (Å²) in [5.41, 5.74) is 5.78. The van der Waals surface area contributed by atoms with Gasteiger partial charge in [0.1, 0.15) is 0 Å². The summed E-state index contributed by atoms with van der Waals surface area (Å²) in [6.45, 7) is 20.0. The largest absolute Gasteiger partial charge is 0.307 e. The molecule has 0 aliphatic heterocycles. The summed E-state index contributed by atoms with van der Waals surface area (Å²) in [7, 11) is 0. The maximum Gasteiger partial charge on any atom is 0.156 e. The average Bonchev–Trinajstić information content (AvgIpc) is 3.63. The van der Waals surface area contributed by atoms with Crippen molar-refractivity contribution in [3.63, 3.8) is 0 Å². The van der Waals surface area contributed by atoms with Gasteiger partial charge < -0.3 is 4.57 Å². The van der Waals surface area contributed by atoms with E-state index < -0.39 is 0 Å². The van der Waals surface area contributed by atoms with Gasteiger partial charge in [-0.3, -0.25) is 9.55 Å². The van der Waals surface area contributed by atoms with Crippen LogP contribution in [0, 0.1) is 0 Å². The smallest absolute Gasteiger partial charge is 0.156 e. The van der Waals surface area contributed by atoms with Crippen LogP contribution in [0.4, 0.5) is 0 Å². The zero-order valence-corrected chi connectivity index (χ0v) is 27.2. The van der Waals surface area contributed by atoms with Crippen LogP contribution in [0.3, 0.4) is 0 Å². The fraction of sp³-hybridized carbons (Fsp3) is 0.263. The van der Waals surface area contributed by atoms with Crippen molar-refractivity contribution in [1.29, 1.82) is 0 Å². The Kier molecular flexibility index (Phi) is 14.0. The van der Waals surface area contributed by atoms with Crippen molar-refractivity contribution in [1.82, 2.24) is 19.1 Å². The number of aromatic nitrogens is 4. The lowest BCUT2D eigenvalue weighted by Gasteiger charge is -2.11. The second-order valence-corrected chi connectivity index (χ2v) is 7.96. The van der Waals surface area contributed by atoms with E-state index in [-0.39, 0.29) is 0 Å². The topological polar surface area (TPSA) is 35.6 Å². The van der Waals surface area contributed by atoms with Crippen LogP contribution in [0.1, 0.15) is 69.2 Å². The van der Waals surface area contributed by atoms with E-state index in [2.05, 4.69) is 110 Å². The molecule has 3 heterocycles. The maximum atomic E-state index is 4.68. The van der Waals surface area contributed by atoms with Crippen molar-refractivity contribution in [3.05, 3.63) is 110 Å². The predicted octanol–water partition coefficient (Wildman–Crippen LogP) is 11.8. The van der Waals surface area contributed by atoms with Crippen LogP contribution >= 0.6 is 0 Å². The first kappa shape index (κ1) is 33.8. The molecule has 7 aromatic rings. The van der Waals surface area contributed by atoms with E-state index in [1.54, 1.807) is 12.4 Å². The molecule has 0 saturated heterocycles. The molecule has 0 radical (unpaired) electrons. The van der Waals surface area contributed by atoms with E-state index >= 15 is 0 Å². The second-order valence-electron chi connectivity index (χ2n) is 7.96. The van der Waals surface area contributed by atoms with Crippen molar-refractivity contribution in [2.24, 2.45) is 0 Å². The van der Waals surface area contributed by atoms with Crippen molar-refractivity contribution in [3.8, 4) is 11.5 Å². The minimum Gasteiger partial charge on any atom is -0.307 e. The fourth-order valence-corrected chi connectivity index (χ4v) is 4.99. The summed E-state index contributed by atoms with van der Waals surface area (Å²) < 4.78 is 4.62. The molecule has 0 amide bonds. The lowest BCUT2D eigenvalue weighted by Crippen LogP contribution is -2.00. The molecular formula is C38H48N4. The van der Waals surface area contributed by atoms with Crippen LogP contribution < -0.4 is 0 Å². The Hall–Kier alpha value is -4.44. The van der Waals surface area contributed by atoms with Gasteiger partial charge in [-0.2, -0.15) is 0 Å². The monoisotopic (exact) mass is 560 g/mol. The summed E-state index contributed by atoms with van der Waals surface area (Å²) in [5, 5.41) is 4.88. The third-order valence-corrected chi connectivity index (χ3v) is 6.26. The molecule has 0 bridgehead atoms. The highest BCUT2D eigenvalue weighted by molar-refractivity contribution is 6.23. The van der Waals surface area contributed by atoms with E-state index in [4.69, 9.17) is 0 Å². The van der Waals surface area contributed by atoms with Gasteiger partial charge in [0.25, 0.3) is 0 Å². The van der Waals surface area contributed by atoms with E-state index in [1.165, 1.54) is 32.6 Å². The first-order valence-corrected chi connectivity index (χ1v) is 15.7. The molecule has 4 nitrogen and oxygen atoms in total. The number of benzene rings is 4. The Morgan fingerprint density at radius 3 is 1.38 bits per heavy atom. The van der Waals surface area contributed by atoms with Crippen molar-refractivity contribution in [2.45, 2.75) is 69.2 Å². The number of hydrogen-bond acceptors (Lipinski definition) is 2. The van der Waals surface area contributed by atoms with Crippen LogP contribution in [0.5, 0.6) is 0 Å². The SMILES string of the molecule is CC.CC.CC.CC.CC.c1ccc(-n2c3ccccc3c3ccc4c5ccccc5n(-c5cnccn5)c4c32)cc1. The molecule has 4 aromatic carbocycles. The number of rotatable bonds is 2. The summed E-state index contributed by atoms with van der Waals surface area (Å²) in [5.74, 6) is 0.816. The molecule has 0 N–H and O–H groups in total.